The average Bonchev–Trinajstić information content (AvgIpc) is 1.25. The minimum absolute atomic E-state index is 0.000000000000000222. The molecule has 50 valence electrons. The summed E-state index contributed by atoms with van der Waals surface area (Å²) < 4.78 is 22.8. The summed E-state index contributed by atoms with van der Waals surface area (Å²) in [6.45, 7) is 0. The molecule has 0 aliphatic heterocycles. The van der Waals surface area contributed by atoms with E-state index in [0.29, 0.717) is 0 Å². The van der Waals surface area contributed by atoms with Gasteiger partial charge in [0, 0.05) is 0 Å². The molecule has 0 fully saturated rings. The highest BCUT2D eigenvalue weighted by Crippen LogP contribution is 1.44. The number of thiocarbonyl (C=S) groups is 1. The van der Waals surface area contributed by atoms with Gasteiger partial charge < -0.3 is 11.5 Å². The molecule has 0 aliphatic rings. The van der Waals surface area contributed by atoms with E-state index in [1.165, 1.54) is 0 Å². The summed E-state index contributed by atoms with van der Waals surface area (Å²) in [6, 6.07) is 0. The lowest BCUT2D eigenvalue weighted by Gasteiger charge is -1.68. The molecule has 0 heterocycles. The maximum atomic E-state index is 8.67. The maximum absolute atomic E-state index is 8.67. The van der Waals surface area contributed by atoms with E-state index in [9.17, 15) is 0 Å². The Morgan fingerprint density at radius 1 is 1.50 bits per heavy atom. The van der Waals surface area contributed by atoms with Crippen molar-refractivity contribution in [3.8, 4) is 0 Å². The topological polar surface area (TPSA) is 110 Å². The van der Waals surface area contributed by atoms with Crippen molar-refractivity contribution in [1.82, 2.24) is 0 Å². The molecule has 6 N–H and O–H groups in total. The van der Waals surface area contributed by atoms with E-state index in [2.05, 4.69) is 23.7 Å². The van der Waals surface area contributed by atoms with Crippen LogP contribution in [0.3, 0.4) is 0 Å². The predicted molar refractivity (Wildman–Crippen MR) is 34.4 cm³/mol. The van der Waals surface area contributed by atoms with E-state index in [4.69, 9.17) is 13.3 Å². The van der Waals surface area contributed by atoms with Gasteiger partial charge in [-0.3, -0.25) is 9.11 Å². The maximum Gasteiger partial charge on any atom is 0.299 e. The van der Waals surface area contributed by atoms with Gasteiger partial charge in [-0.15, -0.1) is 0 Å². The molecule has 0 aliphatic carbocycles. The van der Waals surface area contributed by atoms with E-state index in [-0.39, 0.29) is 5.11 Å². The highest BCUT2D eigenvalue weighted by atomic mass is 32.2. The summed E-state index contributed by atoms with van der Waals surface area (Å²) >= 11 is 1.48. The van der Waals surface area contributed by atoms with Gasteiger partial charge in [0.25, 0.3) is 11.4 Å². The number of nitrogens with two attached hydrogens (primary N) is 2. The third-order valence-corrected chi connectivity index (χ3v) is 0. The third kappa shape index (κ3) is 2270. The van der Waals surface area contributed by atoms with E-state index in [1.807, 2.05) is 0 Å². The van der Waals surface area contributed by atoms with Crippen molar-refractivity contribution in [3.05, 3.63) is 0 Å². The van der Waals surface area contributed by atoms with Crippen LogP contribution in [0.1, 0.15) is 0 Å². The Labute approximate surface area is 54.2 Å². The smallest absolute Gasteiger partial charge is 0.299 e. The van der Waals surface area contributed by atoms with Crippen molar-refractivity contribution in [2.75, 3.05) is 0 Å². The molecule has 0 unspecified atom stereocenters. The van der Waals surface area contributed by atoms with Gasteiger partial charge in [0.05, 0.1) is 0 Å². The van der Waals surface area contributed by atoms with Crippen molar-refractivity contribution in [3.63, 3.8) is 0 Å². The first kappa shape index (κ1) is 10.7. The number of hydrogen-bond donors (Lipinski definition) is 4. The second-order valence-electron chi connectivity index (χ2n) is 0.633. The van der Waals surface area contributed by atoms with Crippen LogP contribution < -0.4 is 11.5 Å². The Balaban J connectivity index is 0. The van der Waals surface area contributed by atoms with Crippen molar-refractivity contribution in [2.45, 2.75) is 0 Å². The first-order valence-corrected chi connectivity index (χ1v) is 2.79. The minimum atomic E-state index is -2.61. The first-order chi connectivity index (χ1) is 3.46. The van der Waals surface area contributed by atoms with Gasteiger partial charge in [-0.25, -0.2) is 0 Å². The zero-order valence-corrected chi connectivity index (χ0v) is 5.41. The summed E-state index contributed by atoms with van der Waals surface area (Å²) in [6.07, 6.45) is 0. The lowest BCUT2D eigenvalue weighted by molar-refractivity contribution is 0.454. The van der Waals surface area contributed by atoms with Crippen LogP contribution in [0.2, 0.25) is 0 Å². The second kappa shape index (κ2) is 6.76. The Morgan fingerprint density at radius 2 is 1.50 bits per heavy atom. The lowest BCUT2D eigenvalue weighted by atomic mass is 11.3. The van der Waals surface area contributed by atoms with Crippen LogP contribution in [0.5, 0.6) is 0 Å². The molecular formula is CH6N2O3S2. The van der Waals surface area contributed by atoms with Crippen molar-refractivity contribution in [1.29, 1.82) is 0 Å². The highest BCUT2D eigenvalue weighted by Gasteiger charge is 1.62. The van der Waals surface area contributed by atoms with E-state index >= 15 is 0 Å². The third-order valence-electron chi connectivity index (χ3n) is 0. The predicted octanol–water partition coefficient (Wildman–Crippen LogP) is -1.13. The van der Waals surface area contributed by atoms with Crippen LogP contribution in [0.15, 0.2) is 0 Å². The van der Waals surface area contributed by atoms with Gasteiger partial charge in [-0.1, -0.05) is 0 Å². The van der Waals surface area contributed by atoms with Crippen LogP contribution in [0.4, 0.5) is 0 Å². The molecule has 0 bridgehead atoms. The summed E-state index contributed by atoms with van der Waals surface area (Å²) in [7, 11) is 0. The molecule has 0 spiro atoms. The molecule has 0 radical (unpaired) electrons. The molecule has 0 amide bonds. The normalized spacial score (nSPS) is 7.38. The fourth-order valence-corrected chi connectivity index (χ4v) is 0. The molecule has 0 aromatic rings. The van der Waals surface area contributed by atoms with Gasteiger partial charge in [0.1, 0.15) is 0 Å². The molecule has 0 atom stereocenters. The van der Waals surface area contributed by atoms with Gasteiger partial charge in [-0.05, 0) is 12.2 Å². The molecule has 0 aromatic carbocycles. The van der Waals surface area contributed by atoms with Crippen LogP contribution in [0, 0.1) is 0 Å². The molecular weight excluding hydrogens is 152 g/mol. The fraction of sp³-hybridized carbons (Fsp3) is 0. The summed E-state index contributed by atoms with van der Waals surface area (Å²) in [4.78, 5) is 0. The van der Waals surface area contributed by atoms with Crippen molar-refractivity contribution in [2.24, 2.45) is 11.5 Å². The molecule has 0 aromatic heterocycles. The monoisotopic (exact) mass is 158 g/mol. The number of hydrogen-bond acceptors (Lipinski definition) is 2. The van der Waals surface area contributed by atoms with Gasteiger partial charge in [0.15, 0.2) is 5.11 Å². The summed E-state index contributed by atoms with van der Waals surface area (Å²) in [5.74, 6) is 0. The summed E-state index contributed by atoms with van der Waals surface area (Å²) in [5.41, 5.74) is 9.24. The first-order valence-electron chi connectivity index (χ1n) is 1.31. The van der Waals surface area contributed by atoms with Gasteiger partial charge in [0.2, 0.25) is 0 Å². The molecule has 0 saturated heterocycles. The Hall–Kier alpha value is -0.240. The zero-order chi connectivity index (χ0) is 7.15. The molecule has 0 rings (SSSR count). The summed E-state index contributed by atoms with van der Waals surface area (Å²) in [5, 5.41) is 0.000000000000000222. The Bertz CT molecular complexity index is 73.3. The lowest BCUT2D eigenvalue weighted by Crippen LogP contribution is -2.18. The molecule has 0 saturated carbocycles. The average molecular weight is 158 g/mol. The van der Waals surface area contributed by atoms with Crippen molar-refractivity contribution < 1.29 is 13.3 Å². The van der Waals surface area contributed by atoms with Crippen LogP contribution in [-0.2, 0) is 11.4 Å². The number of rotatable bonds is 0. The minimum Gasteiger partial charge on any atom is -0.377 e. The Kier molecular flexibility index (Phi) is 9.03. The molecule has 5 nitrogen and oxygen atoms in total. The van der Waals surface area contributed by atoms with E-state index in [0.717, 1.165) is 0 Å². The van der Waals surface area contributed by atoms with Gasteiger partial charge >= 0.3 is 0 Å². The largest absolute Gasteiger partial charge is 0.377 e. The fourth-order valence-electron chi connectivity index (χ4n) is 0. The second-order valence-corrected chi connectivity index (χ2v) is 1.57. The standard InChI is InChI=1S/CH4N2S.H2O3S/c2-1(3)4;1-4(2)3/h(H4,2,3,4);(H2,1,2,3). The van der Waals surface area contributed by atoms with Crippen LogP contribution in [-0.4, -0.2) is 18.4 Å². The molecule has 7 heteroatoms. The van der Waals surface area contributed by atoms with Gasteiger partial charge in [-0.2, -0.15) is 4.21 Å². The zero-order valence-electron chi connectivity index (χ0n) is 3.77. The van der Waals surface area contributed by atoms with E-state index in [1.54, 1.807) is 0 Å². The highest BCUT2D eigenvalue weighted by molar-refractivity contribution is 7.80. The Morgan fingerprint density at radius 3 is 1.50 bits per heavy atom. The quantitative estimate of drug-likeness (QED) is 0.262. The molecule has 8 heavy (non-hydrogen) atoms. The SMILES string of the molecule is NC(N)=S.O=S(O)O. The van der Waals surface area contributed by atoms with Crippen LogP contribution >= 0.6 is 12.2 Å². The van der Waals surface area contributed by atoms with E-state index < -0.39 is 11.4 Å². The van der Waals surface area contributed by atoms with Crippen molar-refractivity contribution >= 4 is 28.7 Å². The van der Waals surface area contributed by atoms with Crippen LogP contribution in [0.25, 0.3) is 0 Å².